The van der Waals surface area contributed by atoms with Crippen LogP contribution in [-0.4, -0.2) is 57.7 Å². The van der Waals surface area contributed by atoms with E-state index >= 15 is 0 Å². The molecule has 2 heterocycles. The molecule has 0 bridgehead atoms. The molecule has 2 aromatic rings. The molecule has 1 aliphatic heterocycles. The number of nitrogens with two attached hydrogens (primary N) is 1. The van der Waals surface area contributed by atoms with Gasteiger partial charge in [-0.15, -0.1) is 0 Å². The topological polar surface area (TPSA) is 168 Å². The summed E-state index contributed by atoms with van der Waals surface area (Å²) in [7, 11) is 0. The lowest BCUT2D eigenvalue weighted by Gasteiger charge is -2.21. The predicted molar refractivity (Wildman–Crippen MR) is 145 cm³/mol. The number of carbonyl (C=O) groups is 3. The molecule has 3 rings (SSSR count). The second-order valence-corrected chi connectivity index (χ2v) is 11.0. The van der Waals surface area contributed by atoms with Crippen LogP contribution in [0.3, 0.4) is 0 Å². The highest BCUT2D eigenvalue weighted by Gasteiger charge is 2.45. The maximum atomic E-state index is 12.8. The molecule has 1 saturated heterocycles. The fourth-order valence-corrected chi connectivity index (χ4v) is 4.04. The highest BCUT2D eigenvalue weighted by molar-refractivity contribution is 9.10. The first kappa shape index (κ1) is 29.0. The fourth-order valence-electron chi connectivity index (χ4n) is 3.70. The number of carbonyl (C=O) groups excluding carboxylic acids is 3. The van der Waals surface area contributed by atoms with Crippen molar-refractivity contribution in [3.05, 3.63) is 39.8 Å². The van der Waals surface area contributed by atoms with Crippen LogP contribution in [-0.2, 0) is 19.1 Å². The van der Waals surface area contributed by atoms with E-state index in [9.17, 15) is 19.3 Å². The highest BCUT2D eigenvalue weighted by Crippen LogP contribution is 2.34. The molecule has 5 N–H and O–H groups in total. The van der Waals surface area contributed by atoms with Gasteiger partial charge in [0.2, 0.25) is 24.3 Å². The van der Waals surface area contributed by atoms with Crippen molar-refractivity contribution in [2.75, 3.05) is 30.3 Å². The Morgan fingerprint density at radius 2 is 2.03 bits per heavy atom. The van der Waals surface area contributed by atoms with E-state index in [0.29, 0.717) is 47.1 Å². The van der Waals surface area contributed by atoms with Gasteiger partial charge in [-0.1, -0.05) is 6.07 Å². The van der Waals surface area contributed by atoms with Gasteiger partial charge in [-0.3, -0.25) is 14.4 Å². The second-order valence-electron chi connectivity index (χ2n) is 10.1. The summed E-state index contributed by atoms with van der Waals surface area (Å²) in [6.45, 7) is 7.56. The fraction of sp³-hybridized carbons (Fsp3) is 0.480. The standard InChI is InChI=1S/C25H32BrN7O5/c1-24(2,21(27)35)22(36)29-10-6-9-28-20-18(26)13-30-23(32-20)31-16-7-5-8-17(12-16)33(37)14-15-11-19(34)38-25(15,3)4/h5,7-8,12-13,15H,6,9-11,14H2,1-4H3,(H4-,27,28,29,30,31,32,35,36)/p+1. The molecule has 0 saturated carbocycles. The number of aromatic nitrogens is 2. The minimum absolute atomic E-state index is 0.130. The van der Waals surface area contributed by atoms with Crippen molar-refractivity contribution in [1.82, 2.24) is 15.3 Å². The van der Waals surface area contributed by atoms with E-state index in [4.69, 9.17) is 10.5 Å². The Balaban J connectivity index is 1.56. The average Bonchev–Trinajstić information content (AvgIpc) is 3.10. The molecule has 0 radical (unpaired) electrons. The smallest absolute Gasteiger partial charge is 0.307 e. The number of hydrogen-bond donors (Lipinski definition) is 4. The van der Waals surface area contributed by atoms with E-state index in [1.165, 1.54) is 13.8 Å². The minimum atomic E-state index is -1.27. The number of benzene rings is 1. The number of nitrogens with one attached hydrogen (secondary N) is 3. The Morgan fingerprint density at radius 3 is 2.68 bits per heavy atom. The quantitative estimate of drug-likeness (QED) is 0.125. The van der Waals surface area contributed by atoms with Crippen LogP contribution in [0, 0.1) is 16.2 Å². The molecule has 1 aromatic carbocycles. The Morgan fingerprint density at radius 1 is 1.29 bits per heavy atom. The zero-order valence-electron chi connectivity index (χ0n) is 21.8. The number of rotatable bonds is 12. The molecule has 1 aromatic heterocycles. The van der Waals surface area contributed by atoms with Crippen molar-refractivity contribution in [2.45, 2.75) is 46.1 Å². The van der Waals surface area contributed by atoms with Crippen LogP contribution in [0.2, 0.25) is 0 Å². The number of halogens is 1. The molecule has 1 fully saturated rings. The van der Waals surface area contributed by atoms with Crippen LogP contribution >= 0.6 is 15.9 Å². The van der Waals surface area contributed by atoms with E-state index in [2.05, 4.69) is 41.8 Å². The first-order chi connectivity index (χ1) is 17.8. The predicted octanol–water partition coefficient (Wildman–Crippen LogP) is 3.16. The van der Waals surface area contributed by atoms with Crippen molar-refractivity contribution in [3.8, 4) is 0 Å². The second kappa shape index (κ2) is 11.8. The van der Waals surface area contributed by atoms with Crippen LogP contribution in [0.1, 0.15) is 40.5 Å². The summed E-state index contributed by atoms with van der Waals surface area (Å²) in [5.41, 5.74) is 4.36. The zero-order chi connectivity index (χ0) is 28.1. The summed E-state index contributed by atoms with van der Waals surface area (Å²) in [5.74, 6) is -0.755. The molecule has 1 unspecified atom stereocenters. The van der Waals surface area contributed by atoms with E-state index < -0.39 is 22.8 Å². The lowest BCUT2D eigenvalue weighted by molar-refractivity contribution is -0.474. The van der Waals surface area contributed by atoms with Crippen molar-refractivity contribution >= 4 is 56.9 Å². The van der Waals surface area contributed by atoms with Crippen LogP contribution in [0.5, 0.6) is 0 Å². The summed E-state index contributed by atoms with van der Waals surface area (Å²) in [5, 5.41) is 8.98. The lowest BCUT2D eigenvalue weighted by atomic mass is 9.90. The number of primary amides is 1. The first-order valence-corrected chi connectivity index (χ1v) is 13.0. The number of esters is 1. The SMILES string of the molecule is CC(C)(C(N)=O)C(=O)NCCCNc1nc(Nc2cccc([N+](=O)CC3CC(=O)OC3(C)C)c2)ncc1Br. The van der Waals surface area contributed by atoms with Crippen molar-refractivity contribution in [1.29, 1.82) is 0 Å². The number of nitrogens with zero attached hydrogens (tertiary/aromatic N) is 3. The summed E-state index contributed by atoms with van der Waals surface area (Å²) in [6.07, 6.45) is 2.39. The van der Waals surface area contributed by atoms with Gasteiger partial charge in [-0.2, -0.15) is 4.98 Å². The molecule has 204 valence electrons. The van der Waals surface area contributed by atoms with Gasteiger partial charge in [0.25, 0.3) is 5.69 Å². The minimum Gasteiger partial charge on any atom is -0.459 e. The van der Waals surface area contributed by atoms with Gasteiger partial charge >= 0.3 is 5.97 Å². The van der Waals surface area contributed by atoms with Gasteiger partial charge < -0.3 is 26.4 Å². The number of ether oxygens (including phenoxy) is 1. The molecule has 1 atom stereocenters. The van der Waals surface area contributed by atoms with Gasteiger partial charge in [0.15, 0.2) is 0 Å². The van der Waals surface area contributed by atoms with Crippen molar-refractivity contribution in [2.24, 2.45) is 17.1 Å². The van der Waals surface area contributed by atoms with E-state index in [0.717, 1.165) is 4.76 Å². The van der Waals surface area contributed by atoms with Gasteiger partial charge in [0.05, 0.1) is 16.8 Å². The van der Waals surface area contributed by atoms with Crippen LogP contribution < -0.4 is 21.7 Å². The molecule has 2 amide bonds. The molecule has 1 aliphatic rings. The number of hydrogen-bond acceptors (Lipinski definition) is 9. The molecule has 13 heteroatoms. The van der Waals surface area contributed by atoms with Gasteiger partial charge in [-0.25, -0.2) is 4.98 Å². The molecular weight excluding hydrogens is 558 g/mol. The third kappa shape index (κ3) is 7.24. The molecular formula is C25H33BrN7O5+. The van der Waals surface area contributed by atoms with Gasteiger partial charge in [-0.05, 0) is 56.1 Å². The highest BCUT2D eigenvalue weighted by atomic mass is 79.9. The Hall–Kier alpha value is -3.61. The van der Waals surface area contributed by atoms with Crippen molar-refractivity contribution in [3.63, 3.8) is 0 Å². The number of anilines is 3. The monoisotopic (exact) mass is 590 g/mol. The number of amides is 2. The van der Waals surface area contributed by atoms with Crippen LogP contribution in [0.15, 0.2) is 34.9 Å². The van der Waals surface area contributed by atoms with Gasteiger partial charge in [0, 0.05) is 46.8 Å². The van der Waals surface area contributed by atoms with E-state index in [1.54, 1.807) is 30.5 Å². The molecule has 0 spiro atoms. The zero-order valence-corrected chi connectivity index (χ0v) is 23.4. The maximum Gasteiger partial charge on any atom is 0.307 e. The number of nitroso groups, excluding NO2 is 1. The average molecular weight is 591 g/mol. The Bertz CT molecular complexity index is 1230. The Labute approximate surface area is 229 Å². The van der Waals surface area contributed by atoms with Crippen molar-refractivity contribution < 1.29 is 23.9 Å². The number of cyclic esters (lactones) is 1. The first-order valence-electron chi connectivity index (χ1n) is 12.2. The van der Waals surface area contributed by atoms with Gasteiger partial charge in [0.1, 0.15) is 16.8 Å². The maximum absolute atomic E-state index is 12.8. The third-order valence-electron chi connectivity index (χ3n) is 6.41. The molecule has 38 heavy (non-hydrogen) atoms. The van der Waals surface area contributed by atoms with Crippen LogP contribution in [0.4, 0.5) is 23.1 Å². The van der Waals surface area contributed by atoms with E-state index in [-0.39, 0.29) is 24.9 Å². The van der Waals surface area contributed by atoms with Crippen LogP contribution in [0.25, 0.3) is 0 Å². The summed E-state index contributed by atoms with van der Waals surface area (Å²) < 4.78 is 6.83. The summed E-state index contributed by atoms with van der Waals surface area (Å²) >= 11 is 3.42. The summed E-state index contributed by atoms with van der Waals surface area (Å²) in [4.78, 5) is 56.7. The Kier molecular flexibility index (Phi) is 9.02. The van der Waals surface area contributed by atoms with E-state index in [1.807, 2.05) is 13.8 Å². The molecule has 0 aliphatic carbocycles. The third-order valence-corrected chi connectivity index (χ3v) is 6.99. The largest absolute Gasteiger partial charge is 0.459 e. The lowest BCUT2D eigenvalue weighted by Crippen LogP contribution is -2.46. The molecule has 12 nitrogen and oxygen atoms in total. The summed E-state index contributed by atoms with van der Waals surface area (Å²) in [6, 6.07) is 6.92. The normalized spacial score (nSPS) is 16.4.